The second-order valence-electron chi connectivity index (χ2n) is 2.76. The zero-order valence-electron chi connectivity index (χ0n) is 7.25. The van der Waals surface area contributed by atoms with Crippen molar-refractivity contribution in [1.82, 2.24) is 4.90 Å². The Hall–Kier alpha value is -0.200. The fraction of sp³-hybridized carbons (Fsp3) is 0.875. The van der Waals surface area contributed by atoms with Gasteiger partial charge in [-0.05, 0) is 13.8 Å². The number of thiol groups is 1. The van der Waals surface area contributed by atoms with E-state index in [-0.39, 0.29) is 0 Å². The molecule has 0 N–H and O–H groups in total. The van der Waals surface area contributed by atoms with Crippen LogP contribution in [0.3, 0.4) is 0 Å². The molecule has 0 aliphatic carbocycles. The predicted octanol–water partition coefficient (Wildman–Crippen LogP) is 1.54. The largest absolute Gasteiger partial charge is 0.299 e. The third kappa shape index (κ3) is 5.11. The lowest BCUT2D eigenvalue weighted by Gasteiger charge is -2.24. The summed E-state index contributed by atoms with van der Waals surface area (Å²) in [4.78, 5) is 2.26. The maximum absolute atomic E-state index is 8.37. The van der Waals surface area contributed by atoms with E-state index >= 15 is 0 Å². The summed E-state index contributed by atoms with van der Waals surface area (Å²) in [7, 11) is 0. The minimum atomic E-state index is 0.524. The molecule has 0 fully saturated rings. The highest BCUT2D eigenvalue weighted by atomic mass is 32.1. The van der Waals surface area contributed by atoms with Crippen molar-refractivity contribution in [3.05, 3.63) is 0 Å². The van der Waals surface area contributed by atoms with Crippen LogP contribution in [0.15, 0.2) is 0 Å². The van der Waals surface area contributed by atoms with Crippen LogP contribution < -0.4 is 0 Å². The van der Waals surface area contributed by atoms with Crippen LogP contribution in [-0.4, -0.2) is 29.8 Å². The third-order valence-corrected chi connectivity index (χ3v) is 1.83. The smallest absolute Gasteiger partial charge is 0.0635 e. The van der Waals surface area contributed by atoms with E-state index < -0.39 is 0 Å². The van der Waals surface area contributed by atoms with Crippen LogP contribution in [-0.2, 0) is 0 Å². The van der Waals surface area contributed by atoms with Crippen molar-refractivity contribution in [2.75, 3.05) is 18.8 Å². The number of hydrogen-bond acceptors (Lipinski definition) is 3. The van der Waals surface area contributed by atoms with E-state index in [4.69, 9.17) is 5.26 Å². The first-order valence-electron chi connectivity index (χ1n) is 3.94. The monoisotopic (exact) mass is 172 g/mol. The molecule has 0 aliphatic heterocycles. The molecule has 0 aliphatic rings. The average molecular weight is 172 g/mol. The fourth-order valence-electron chi connectivity index (χ4n) is 0.950. The summed E-state index contributed by atoms with van der Waals surface area (Å²) in [6.45, 7) is 6.12. The van der Waals surface area contributed by atoms with Gasteiger partial charge in [0.15, 0.2) is 0 Å². The molecule has 0 rings (SSSR count). The van der Waals surface area contributed by atoms with Gasteiger partial charge >= 0.3 is 0 Å². The van der Waals surface area contributed by atoms with Crippen LogP contribution in [0.5, 0.6) is 0 Å². The van der Waals surface area contributed by atoms with Crippen molar-refractivity contribution < 1.29 is 0 Å². The van der Waals surface area contributed by atoms with E-state index in [1.165, 1.54) is 0 Å². The van der Waals surface area contributed by atoms with Gasteiger partial charge in [-0.1, -0.05) is 0 Å². The Balaban J connectivity index is 3.62. The van der Waals surface area contributed by atoms with Crippen molar-refractivity contribution in [2.45, 2.75) is 26.3 Å². The predicted molar refractivity (Wildman–Crippen MR) is 50.8 cm³/mol. The molecule has 0 radical (unpaired) electrons. The first kappa shape index (κ1) is 10.8. The zero-order chi connectivity index (χ0) is 8.69. The van der Waals surface area contributed by atoms with E-state index in [1.54, 1.807) is 0 Å². The lowest BCUT2D eigenvalue weighted by molar-refractivity contribution is 0.241. The standard InChI is InChI=1S/C8H16N2S/c1-8(2)10(6-7-11)5-3-4-9/h8,11H,3,5-7H2,1-2H3. The molecule has 0 saturated heterocycles. The van der Waals surface area contributed by atoms with E-state index in [2.05, 4.69) is 37.4 Å². The topological polar surface area (TPSA) is 27.0 Å². The Morgan fingerprint density at radius 1 is 1.45 bits per heavy atom. The number of rotatable bonds is 5. The molecule has 11 heavy (non-hydrogen) atoms. The van der Waals surface area contributed by atoms with Crippen molar-refractivity contribution in [3.63, 3.8) is 0 Å². The summed E-state index contributed by atoms with van der Waals surface area (Å²) in [5.41, 5.74) is 0. The molecule has 0 aromatic carbocycles. The van der Waals surface area contributed by atoms with Gasteiger partial charge in [0.05, 0.1) is 6.07 Å². The van der Waals surface area contributed by atoms with Crippen molar-refractivity contribution >= 4 is 12.6 Å². The van der Waals surface area contributed by atoms with Crippen LogP contribution in [0.1, 0.15) is 20.3 Å². The molecule has 0 bridgehead atoms. The SMILES string of the molecule is CC(C)N(CCS)CCC#N. The molecule has 0 unspecified atom stereocenters. The second-order valence-corrected chi connectivity index (χ2v) is 3.21. The lowest BCUT2D eigenvalue weighted by atomic mass is 10.3. The second kappa shape index (κ2) is 6.51. The molecule has 0 saturated carbocycles. The number of nitrogens with zero attached hydrogens (tertiary/aromatic N) is 2. The van der Waals surface area contributed by atoms with Gasteiger partial charge in [-0.2, -0.15) is 17.9 Å². The van der Waals surface area contributed by atoms with Gasteiger partial charge in [-0.15, -0.1) is 0 Å². The van der Waals surface area contributed by atoms with Crippen molar-refractivity contribution in [1.29, 1.82) is 5.26 Å². The molecule has 0 heterocycles. The maximum Gasteiger partial charge on any atom is 0.0635 e. The molecule has 0 spiro atoms. The third-order valence-electron chi connectivity index (χ3n) is 1.63. The summed E-state index contributed by atoms with van der Waals surface area (Å²) >= 11 is 4.15. The van der Waals surface area contributed by atoms with Gasteiger partial charge in [0.2, 0.25) is 0 Å². The summed E-state index contributed by atoms with van der Waals surface area (Å²) in [5.74, 6) is 0.865. The van der Waals surface area contributed by atoms with Crippen LogP contribution in [0.4, 0.5) is 0 Å². The molecule has 64 valence electrons. The minimum Gasteiger partial charge on any atom is -0.299 e. The Bertz CT molecular complexity index is 129. The average Bonchev–Trinajstić information content (AvgIpc) is 1.97. The Morgan fingerprint density at radius 3 is 2.45 bits per heavy atom. The summed E-state index contributed by atoms with van der Waals surface area (Å²) in [6.07, 6.45) is 0.617. The van der Waals surface area contributed by atoms with Crippen molar-refractivity contribution in [2.24, 2.45) is 0 Å². The van der Waals surface area contributed by atoms with E-state index in [0.29, 0.717) is 12.5 Å². The molecule has 0 aromatic heterocycles. The first-order chi connectivity index (χ1) is 5.22. The van der Waals surface area contributed by atoms with Gasteiger partial charge in [0.25, 0.3) is 0 Å². The van der Waals surface area contributed by atoms with Gasteiger partial charge in [0, 0.05) is 31.3 Å². The van der Waals surface area contributed by atoms with Gasteiger partial charge in [-0.25, -0.2) is 0 Å². The first-order valence-corrected chi connectivity index (χ1v) is 4.57. The van der Waals surface area contributed by atoms with Crippen LogP contribution in [0.25, 0.3) is 0 Å². The Labute approximate surface area is 74.6 Å². The minimum absolute atomic E-state index is 0.524. The highest BCUT2D eigenvalue weighted by molar-refractivity contribution is 7.80. The molecule has 0 amide bonds. The summed E-state index contributed by atoms with van der Waals surface area (Å²) in [6, 6.07) is 2.67. The summed E-state index contributed by atoms with van der Waals surface area (Å²) in [5, 5.41) is 8.37. The molecular formula is C8H16N2S. The van der Waals surface area contributed by atoms with Crippen LogP contribution in [0.2, 0.25) is 0 Å². The van der Waals surface area contributed by atoms with Crippen molar-refractivity contribution in [3.8, 4) is 6.07 Å². The quantitative estimate of drug-likeness (QED) is 0.637. The molecule has 3 heteroatoms. The zero-order valence-corrected chi connectivity index (χ0v) is 8.14. The molecular weight excluding hydrogens is 156 g/mol. The lowest BCUT2D eigenvalue weighted by Crippen LogP contribution is -2.33. The van der Waals surface area contributed by atoms with Crippen LogP contribution in [0, 0.1) is 11.3 Å². The highest BCUT2D eigenvalue weighted by Gasteiger charge is 2.06. The van der Waals surface area contributed by atoms with E-state index in [0.717, 1.165) is 18.8 Å². The Kier molecular flexibility index (Phi) is 6.39. The Morgan fingerprint density at radius 2 is 2.09 bits per heavy atom. The highest BCUT2D eigenvalue weighted by Crippen LogP contribution is 1.99. The number of hydrogen-bond donors (Lipinski definition) is 1. The van der Waals surface area contributed by atoms with Gasteiger partial charge in [0.1, 0.15) is 0 Å². The normalized spacial score (nSPS) is 10.5. The molecule has 2 nitrogen and oxygen atoms in total. The molecule has 0 aromatic rings. The number of nitriles is 1. The summed E-state index contributed by atoms with van der Waals surface area (Å²) < 4.78 is 0. The molecule has 0 atom stereocenters. The van der Waals surface area contributed by atoms with Gasteiger partial charge in [-0.3, -0.25) is 4.90 Å². The fourth-order valence-corrected chi connectivity index (χ4v) is 1.21. The maximum atomic E-state index is 8.37. The van der Waals surface area contributed by atoms with Crippen LogP contribution >= 0.6 is 12.6 Å². The van der Waals surface area contributed by atoms with E-state index in [1.807, 2.05) is 0 Å². The van der Waals surface area contributed by atoms with E-state index in [9.17, 15) is 0 Å². The van der Waals surface area contributed by atoms with Gasteiger partial charge < -0.3 is 0 Å².